The maximum Gasteiger partial charge on any atom is 0.251 e. The van der Waals surface area contributed by atoms with Crippen LogP contribution in [0.2, 0.25) is 0 Å². The summed E-state index contributed by atoms with van der Waals surface area (Å²) in [4.78, 5) is 30.2. The van der Waals surface area contributed by atoms with E-state index in [1.165, 1.54) is 0 Å². The molecule has 2 amide bonds. The number of amides is 2. The van der Waals surface area contributed by atoms with Crippen LogP contribution >= 0.6 is 0 Å². The molecule has 0 spiro atoms. The minimum absolute atomic E-state index is 0.246. The number of carbonyl (C=O) groups is 2. The van der Waals surface area contributed by atoms with Crippen molar-refractivity contribution < 1.29 is 9.59 Å². The highest BCUT2D eigenvalue weighted by molar-refractivity contribution is 6.15. The molecule has 2 fully saturated rings. The molecule has 1 aromatic heterocycles. The first-order chi connectivity index (χ1) is 17.5. The molecule has 2 aliphatic rings. The number of hydrogen-bond donors (Lipinski definition) is 4. The Morgan fingerprint density at radius 2 is 1.78 bits per heavy atom. The Hall–Kier alpha value is -4.20. The van der Waals surface area contributed by atoms with E-state index in [4.69, 9.17) is 11.1 Å². The quantitative estimate of drug-likeness (QED) is 0.222. The fraction of sp³-hybridized carbons (Fsp3) is 0.286. The van der Waals surface area contributed by atoms with Crippen molar-refractivity contribution in [3.05, 3.63) is 89.2 Å². The summed E-state index contributed by atoms with van der Waals surface area (Å²) in [6, 6.07) is 19.3. The number of carbonyl (C=O) groups excluding carboxylic acids is 2. The number of hydrogen-bond acceptors (Lipinski definition) is 6. The van der Waals surface area contributed by atoms with Gasteiger partial charge in [0.1, 0.15) is 0 Å². The van der Waals surface area contributed by atoms with Gasteiger partial charge in [-0.3, -0.25) is 20.0 Å². The van der Waals surface area contributed by atoms with Crippen LogP contribution in [0.4, 0.5) is 11.4 Å². The number of pyridine rings is 1. The Bertz CT molecular complexity index is 1250. The van der Waals surface area contributed by atoms with Gasteiger partial charge in [-0.15, -0.1) is 0 Å². The van der Waals surface area contributed by atoms with Crippen LogP contribution in [0.5, 0.6) is 0 Å². The third-order valence-electron chi connectivity index (χ3n) is 7.20. The second kappa shape index (κ2) is 10.2. The maximum absolute atomic E-state index is 12.7. The smallest absolute Gasteiger partial charge is 0.251 e. The first-order valence-corrected chi connectivity index (χ1v) is 12.3. The van der Waals surface area contributed by atoms with Crippen molar-refractivity contribution >= 4 is 29.4 Å². The summed E-state index contributed by atoms with van der Waals surface area (Å²) in [6.07, 6.45) is 6.77. The van der Waals surface area contributed by atoms with Gasteiger partial charge in [0.05, 0.1) is 18.0 Å². The van der Waals surface area contributed by atoms with E-state index < -0.39 is 0 Å². The highest BCUT2D eigenvalue weighted by Crippen LogP contribution is 2.35. The van der Waals surface area contributed by atoms with Crippen LogP contribution in [-0.4, -0.2) is 46.0 Å². The van der Waals surface area contributed by atoms with Gasteiger partial charge in [-0.1, -0.05) is 18.2 Å². The summed E-state index contributed by atoms with van der Waals surface area (Å²) in [6.45, 7) is 0.320. The van der Waals surface area contributed by atoms with Crippen LogP contribution in [0.1, 0.15) is 52.9 Å². The molecule has 184 valence electrons. The number of nitrogens with one attached hydrogen (secondary N) is 3. The molecule has 3 heterocycles. The molecule has 2 unspecified atom stereocenters. The fourth-order valence-electron chi connectivity index (χ4n) is 5.32. The van der Waals surface area contributed by atoms with Crippen molar-refractivity contribution in [1.29, 1.82) is 5.41 Å². The summed E-state index contributed by atoms with van der Waals surface area (Å²) in [5, 5.41) is 15.2. The predicted octanol–water partition coefficient (Wildman–Crippen LogP) is 3.57. The summed E-state index contributed by atoms with van der Waals surface area (Å²) in [5.41, 5.74) is 10.3. The molecule has 2 aromatic carbocycles. The molecule has 2 aliphatic heterocycles. The average Bonchev–Trinajstić information content (AvgIpc) is 3.16. The van der Waals surface area contributed by atoms with E-state index in [1.807, 2.05) is 47.4 Å². The van der Waals surface area contributed by atoms with Gasteiger partial charge in [0.2, 0.25) is 6.41 Å². The summed E-state index contributed by atoms with van der Waals surface area (Å²) in [7, 11) is 0. The minimum atomic E-state index is -0.246. The van der Waals surface area contributed by atoms with Gasteiger partial charge in [-0.2, -0.15) is 0 Å². The van der Waals surface area contributed by atoms with E-state index in [9.17, 15) is 9.59 Å². The Balaban J connectivity index is 1.24. The number of aromatic nitrogens is 1. The molecule has 0 aliphatic carbocycles. The van der Waals surface area contributed by atoms with Gasteiger partial charge in [0.25, 0.3) is 5.91 Å². The van der Waals surface area contributed by atoms with Crippen LogP contribution in [0.15, 0.2) is 66.9 Å². The number of rotatable bonds is 8. The standard InChI is InChI=1S/C28H30N6O2/c29-26-11-6-19(28(36)32-16-21-3-1-2-12-31-21)13-25(26)27(30)18-4-7-20(8-5-18)33-22-14-23-9-10-24(15-22)34(23)17-35/h1-8,11-13,17,22-24,30,33H,9-10,14-16,29H2,(H,32,36). The first kappa shape index (κ1) is 23.5. The van der Waals surface area contributed by atoms with Gasteiger partial charge >= 0.3 is 0 Å². The van der Waals surface area contributed by atoms with Crippen molar-refractivity contribution in [3.63, 3.8) is 0 Å². The van der Waals surface area contributed by atoms with Crippen LogP contribution in [-0.2, 0) is 11.3 Å². The molecule has 5 rings (SSSR count). The molecule has 2 saturated heterocycles. The lowest BCUT2D eigenvalue weighted by Gasteiger charge is -2.37. The molecule has 2 atom stereocenters. The Labute approximate surface area is 210 Å². The lowest BCUT2D eigenvalue weighted by atomic mass is 9.96. The lowest BCUT2D eigenvalue weighted by Crippen LogP contribution is -2.46. The highest BCUT2D eigenvalue weighted by Gasteiger charge is 2.39. The van der Waals surface area contributed by atoms with E-state index in [0.717, 1.165) is 43.5 Å². The second-order valence-electron chi connectivity index (χ2n) is 9.51. The topological polar surface area (TPSA) is 124 Å². The molecule has 8 heteroatoms. The van der Waals surface area contributed by atoms with Crippen molar-refractivity contribution in [2.24, 2.45) is 0 Å². The molecular formula is C28H30N6O2. The SMILES string of the molecule is N=C(c1ccc(NC2CC3CCC(C2)N3C=O)cc1)c1cc(C(=O)NCc2ccccn2)ccc1N. The normalized spacial score (nSPS) is 20.6. The minimum Gasteiger partial charge on any atom is -0.398 e. The molecule has 3 aromatic rings. The zero-order valence-corrected chi connectivity index (χ0v) is 20.0. The number of nitrogens with zero attached hydrogens (tertiary/aromatic N) is 2. The van der Waals surface area contributed by atoms with Crippen molar-refractivity contribution in [2.45, 2.75) is 50.4 Å². The molecule has 36 heavy (non-hydrogen) atoms. The number of fused-ring (bicyclic) bond motifs is 2. The summed E-state index contributed by atoms with van der Waals surface area (Å²) >= 11 is 0. The molecule has 0 radical (unpaired) electrons. The number of nitrogen functional groups attached to an aromatic ring is 1. The molecule has 5 N–H and O–H groups in total. The highest BCUT2D eigenvalue weighted by atomic mass is 16.1. The Morgan fingerprint density at radius 1 is 1.06 bits per heavy atom. The Morgan fingerprint density at radius 3 is 2.44 bits per heavy atom. The first-order valence-electron chi connectivity index (χ1n) is 12.3. The predicted molar refractivity (Wildman–Crippen MR) is 140 cm³/mol. The van der Waals surface area contributed by atoms with E-state index in [1.54, 1.807) is 24.4 Å². The van der Waals surface area contributed by atoms with E-state index >= 15 is 0 Å². The summed E-state index contributed by atoms with van der Waals surface area (Å²) < 4.78 is 0. The number of nitrogens with two attached hydrogens (primary N) is 1. The van der Waals surface area contributed by atoms with Gasteiger partial charge in [-0.25, -0.2) is 0 Å². The largest absolute Gasteiger partial charge is 0.398 e. The third kappa shape index (κ3) is 4.93. The maximum atomic E-state index is 12.7. The van der Waals surface area contributed by atoms with E-state index in [0.29, 0.717) is 47.0 Å². The molecule has 2 bridgehead atoms. The van der Waals surface area contributed by atoms with Crippen LogP contribution in [0.25, 0.3) is 0 Å². The van der Waals surface area contributed by atoms with Crippen LogP contribution in [0, 0.1) is 5.41 Å². The van der Waals surface area contributed by atoms with Crippen molar-refractivity contribution in [1.82, 2.24) is 15.2 Å². The zero-order valence-electron chi connectivity index (χ0n) is 20.0. The number of anilines is 2. The van der Waals surface area contributed by atoms with Crippen LogP contribution in [0.3, 0.4) is 0 Å². The van der Waals surface area contributed by atoms with E-state index in [2.05, 4.69) is 15.6 Å². The van der Waals surface area contributed by atoms with Gasteiger partial charge in [0, 0.05) is 52.4 Å². The lowest BCUT2D eigenvalue weighted by molar-refractivity contribution is -0.122. The third-order valence-corrected chi connectivity index (χ3v) is 7.20. The monoisotopic (exact) mass is 482 g/mol. The van der Waals surface area contributed by atoms with Crippen molar-refractivity contribution in [3.8, 4) is 0 Å². The zero-order chi connectivity index (χ0) is 25.1. The van der Waals surface area contributed by atoms with Crippen LogP contribution < -0.4 is 16.4 Å². The summed E-state index contributed by atoms with van der Waals surface area (Å²) in [5.74, 6) is -0.246. The van der Waals surface area contributed by atoms with E-state index in [-0.39, 0.29) is 11.6 Å². The van der Waals surface area contributed by atoms with Gasteiger partial charge < -0.3 is 21.3 Å². The van der Waals surface area contributed by atoms with Gasteiger partial charge in [0.15, 0.2) is 0 Å². The molecule has 8 nitrogen and oxygen atoms in total. The Kier molecular flexibility index (Phi) is 6.66. The molecular weight excluding hydrogens is 452 g/mol. The van der Waals surface area contributed by atoms with Gasteiger partial charge in [-0.05, 0) is 68.1 Å². The number of piperidine rings is 1. The second-order valence-corrected chi connectivity index (χ2v) is 9.51. The van der Waals surface area contributed by atoms with Crippen molar-refractivity contribution in [2.75, 3.05) is 11.1 Å². The number of benzene rings is 2. The average molecular weight is 483 g/mol. The molecule has 0 saturated carbocycles. The fourth-order valence-corrected chi connectivity index (χ4v) is 5.32.